The van der Waals surface area contributed by atoms with Crippen molar-refractivity contribution in [1.29, 1.82) is 0 Å². The zero-order valence-electron chi connectivity index (χ0n) is 12.5. The molecule has 0 aliphatic rings. The van der Waals surface area contributed by atoms with Crippen molar-refractivity contribution in [1.82, 2.24) is 4.98 Å². The van der Waals surface area contributed by atoms with Crippen LogP contribution in [0.1, 0.15) is 22.2 Å². The molecule has 0 saturated carbocycles. The Morgan fingerprint density at radius 3 is 2.62 bits per heavy atom. The number of aliphatic hydroxyl groups is 1. The van der Waals surface area contributed by atoms with Gasteiger partial charge in [-0.05, 0) is 36.1 Å². The summed E-state index contributed by atoms with van der Waals surface area (Å²) in [6.45, 7) is 0.711. The lowest BCUT2D eigenvalue weighted by Crippen LogP contribution is -2.39. The van der Waals surface area contributed by atoms with Gasteiger partial charge >= 0.3 is 6.18 Å². The van der Waals surface area contributed by atoms with Crippen LogP contribution in [-0.4, -0.2) is 22.6 Å². The van der Waals surface area contributed by atoms with Crippen molar-refractivity contribution in [2.24, 2.45) is 0 Å². The maximum Gasteiger partial charge on any atom is 0.421 e. The molecule has 3 aromatic rings. The topological polar surface area (TPSA) is 50.2 Å². The summed E-state index contributed by atoms with van der Waals surface area (Å²) >= 11 is 1.24. The standard InChI is InChI=1S/C17H12F3NO2S/c1-16(23,17(18,19)20)11-5-6-21-14(8-11)13-4-2-3-10-7-12(9-22)24-15(10)13/h2-9,23H,1H3/t16-/m1/s1. The summed E-state index contributed by atoms with van der Waals surface area (Å²) in [5.74, 6) is 0. The molecule has 1 N–H and O–H groups in total. The second-order valence-electron chi connectivity index (χ2n) is 5.49. The molecule has 7 heteroatoms. The fourth-order valence-corrected chi connectivity index (χ4v) is 3.38. The SMILES string of the molecule is C[C@@](O)(c1ccnc(-c2cccc3cc(C=O)sc23)c1)C(F)(F)F. The maximum atomic E-state index is 13.0. The predicted octanol–water partition coefficient (Wildman–Crippen LogP) is 4.55. The number of aromatic nitrogens is 1. The molecule has 0 spiro atoms. The quantitative estimate of drug-likeness (QED) is 0.705. The van der Waals surface area contributed by atoms with E-state index in [4.69, 9.17) is 0 Å². The molecule has 0 aliphatic carbocycles. The van der Waals surface area contributed by atoms with Crippen LogP contribution in [0.5, 0.6) is 0 Å². The molecule has 124 valence electrons. The van der Waals surface area contributed by atoms with Crippen LogP contribution in [0.25, 0.3) is 21.3 Å². The van der Waals surface area contributed by atoms with Crippen LogP contribution < -0.4 is 0 Å². The minimum absolute atomic E-state index is 0.288. The minimum atomic E-state index is -4.80. The molecule has 0 radical (unpaired) electrons. The molecule has 0 amide bonds. The smallest absolute Gasteiger partial charge is 0.376 e. The molecule has 2 heterocycles. The van der Waals surface area contributed by atoms with Gasteiger partial charge in [-0.25, -0.2) is 0 Å². The lowest BCUT2D eigenvalue weighted by Gasteiger charge is -2.26. The van der Waals surface area contributed by atoms with Crippen LogP contribution in [0.3, 0.4) is 0 Å². The van der Waals surface area contributed by atoms with E-state index < -0.39 is 11.8 Å². The first kappa shape index (κ1) is 16.6. The fraction of sp³-hybridized carbons (Fsp3) is 0.176. The number of nitrogens with zero attached hydrogens (tertiary/aromatic N) is 1. The van der Waals surface area contributed by atoms with Gasteiger partial charge in [-0.3, -0.25) is 9.78 Å². The fourth-order valence-electron chi connectivity index (χ4n) is 2.39. The second-order valence-corrected chi connectivity index (χ2v) is 6.57. The first-order valence-corrected chi connectivity index (χ1v) is 7.79. The summed E-state index contributed by atoms with van der Waals surface area (Å²) in [7, 11) is 0. The third-order valence-electron chi connectivity index (χ3n) is 3.83. The molecular formula is C17H12F3NO2S. The first-order chi connectivity index (χ1) is 11.2. The summed E-state index contributed by atoms with van der Waals surface area (Å²) in [5, 5.41) is 10.7. The van der Waals surface area contributed by atoms with E-state index in [1.807, 2.05) is 6.07 Å². The average Bonchev–Trinajstić information content (AvgIpc) is 2.97. The van der Waals surface area contributed by atoms with Crippen LogP contribution in [-0.2, 0) is 5.60 Å². The number of halogens is 3. The van der Waals surface area contributed by atoms with Crippen LogP contribution >= 0.6 is 11.3 Å². The van der Waals surface area contributed by atoms with Crippen molar-refractivity contribution < 1.29 is 23.1 Å². The summed E-state index contributed by atoms with van der Waals surface area (Å²) in [6.07, 6.45) is -2.84. The number of alkyl halides is 3. The average molecular weight is 351 g/mol. The molecule has 2 aromatic heterocycles. The predicted molar refractivity (Wildman–Crippen MR) is 86.1 cm³/mol. The molecular weight excluding hydrogens is 339 g/mol. The Hall–Kier alpha value is -2.25. The zero-order chi connectivity index (χ0) is 17.5. The number of aldehydes is 1. The van der Waals surface area contributed by atoms with Crippen molar-refractivity contribution >= 4 is 27.7 Å². The number of thiophene rings is 1. The van der Waals surface area contributed by atoms with Crippen molar-refractivity contribution in [2.45, 2.75) is 18.7 Å². The van der Waals surface area contributed by atoms with E-state index in [-0.39, 0.29) is 5.56 Å². The molecule has 3 rings (SSSR count). The van der Waals surface area contributed by atoms with E-state index in [1.54, 1.807) is 18.2 Å². The third-order valence-corrected chi connectivity index (χ3v) is 4.94. The first-order valence-electron chi connectivity index (χ1n) is 6.98. The van der Waals surface area contributed by atoms with Crippen LogP contribution in [0.4, 0.5) is 13.2 Å². The Morgan fingerprint density at radius 2 is 1.96 bits per heavy atom. The molecule has 0 unspecified atom stereocenters. The Balaban J connectivity index is 2.17. The molecule has 0 saturated heterocycles. The number of pyridine rings is 1. The van der Waals surface area contributed by atoms with E-state index in [0.717, 1.165) is 22.4 Å². The highest BCUT2D eigenvalue weighted by Crippen LogP contribution is 2.40. The minimum Gasteiger partial charge on any atom is -0.376 e. The van der Waals surface area contributed by atoms with Gasteiger partial charge < -0.3 is 5.11 Å². The highest BCUT2D eigenvalue weighted by molar-refractivity contribution is 7.21. The number of benzene rings is 1. The van der Waals surface area contributed by atoms with E-state index >= 15 is 0 Å². The van der Waals surface area contributed by atoms with E-state index in [2.05, 4.69) is 4.98 Å². The van der Waals surface area contributed by atoms with Gasteiger partial charge in [0.05, 0.1) is 10.6 Å². The van der Waals surface area contributed by atoms with Crippen molar-refractivity contribution in [3.63, 3.8) is 0 Å². The number of carbonyl (C=O) groups is 1. The lowest BCUT2D eigenvalue weighted by molar-refractivity contribution is -0.258. The van der Waals surface area contributed by atoms with Gasteiger partial charge in [0, 0.05) is 16.5 Å². The summed E-state index contributed by atoms with van der Waals surface area (Å²) < 4.78 is 39.9. The van der Waals surface area contributed by atoms with E-state index in [9.17, 15) is 23.1 Å². The van der Waals surface area contributed by atoms with E-state index in [0.29, 0.717) is 23.1 Å². The highest BCUT2D eigenvalue weighted by atomic mass is 32.1. The third kappa shape index (κ3) is 2.70. The monoisotopic (exact) mass is 351 g/mol. The number of carbonyl (C=O) groups excluding carboxylic acids is 1. The molecule has 1 aromatic carbocycles. The number of hydrogen-bond acceptors (Lipinski definition) is 4. The molecule has 0 bridgehead atoms. The summed E-state index contributed by atoms with van der Waals surface area (Å²) in [5.41, 5.74) is -2.33. The number of rotatable bonds is 3. The van der Waals surface area contributed by atoms with Gasteiger partial charge in [-0.15, -0.1) is 11.3 Å². The van der Waals surface area contributed by atoms with Crippen LogP contribution in [0.15, 0.2) is 42.6 Å². The van der Waals surface area contributed by atoms with Gasteiger partial charge in [0.2, 0.25) is 0 Å². The number of hydrogen-bond donors (Lipinski definition) is 1. The van der Waals surface area contributed by atoms with Crippen LogP contribution in [0.2, 0.25) is 0 Å². The van der Waals surface area contributed by atoms with E-state index in [1.165, 1.54) is 23.6 Å². The second kappa shape index (κ2) is 5.68. The Labute approximate surface area is 139 Å². The Bertz CT molecular complexity index is 916. The highest BCUT2D eigenvalue weighted by Gasteiger charge is 2.51. The molecule has 3 nitrogen and oxygen atoms in total. The van der Waals surface area contributed by atoms with Gasteiger partial charge in [-0.2, -0.15) is 13.2 Å². The molecule has 0 aliphatic heterocycles. The molecule has 1 atom stereocenters. The molecule has 0 fully saturated rings. The lowest BCUT2D eigenvalue weighted by atomic mass is 9.94. The van der Waals surface area contributed by atoms with Gasteiger partial charge in [-0.1, -0.05) is 18.2 Å². The van der Waals surface area contributed by atoms with Gasteiger partial charge in [0.15, 0.2) is 11.9 Å². The molecule has 24 heavy (non-hydrogen) atoms. The number of fused-ring (bicyclic) bond motifs is 1. The van der Waals surface area contributed by atoms with Crippen molar-refractivity contribution in [3.05, 3.63) is 53.0 Å². The maximum absolute atomic E-state index is 13.0. The van der Waals surface area contributed by atoms with Gasteiger partial charge in [0.1, 0.15) is 0 Å². The summed E-state index contributed by atoms with van der Waals surface area (Å²) in [4.78, 5) is 15.6. The van der Waals surface area contributed by atoms with Crippen molar-refractivity contribution in [2.75, 3.05) is 0 Å². The van der Waals surface area contributed by atoms with Crippen molar-refractivity contribution in [3.8, 4) is 11.3 Å². The summed E-state index contributed by atoms with van der Waals surface area (Å²) in [6, 6.07) is 9.37. The Kier molecular flexibility index (Phi) is 3.93. The normalized spacial score (nSPS) is 14.5. The Morgan fingerprint density at radius 1 is 1.21 bits per heavy atom. The largest absolute Gasteiger partial charge is 0.421 e. The van der Waals surface area contributed by atoms with Gasteiger partial charge in [0.25, 0.3) is 0 Å². The zero-order valence-corrected chi connectivity index (χ0v) is 13.3. The van der Waals surface area contributed by atoms with Crippen LogP contribution in [0, 0.1) is 0 Å².